The van der Waals surface area contributed by atoms with E-state index in [1.54, 1.807) is 7.11 Å². The molecule has 2 aromatic heterocycles. The van der Waals surface area contributed by atoms with E-state index in [-0.39, 0.29) is 11.6 Å². The second-order valence-electron chi connectivity index (χ2n) is 10.2. The number of methoxy groups -OCH3 is 1. The molecule has 5 rings (SSSR count). The van der Waals surface area contributed by atoms with Crippen LogP contribution in [0.4, 0.5) is 0 Å². The zero-order chi connectivity index (χ0) is 24.2. The van der Waals surface area contributed by atoms with E-state index in [2.05, 4.69) is 37.0 Å². The van der Waals surface area contributed by atoms with E-state index < -0.39 is 0 Å². The van der Waals surface area contributed by atoms with E-state index in [1.165, 1.54) is 38.5 Å². The van der Waals surface area contributed by atoms with Gasteiger partial charge >= 0.3 is 0 Å². The zero-order valence-electron chi connectivity index (χ0n) is 21.1. The number of hydrogen-bond acceptors (Lipinski definition) is 6. The highest BCUT2D eigenvalue weighted by molar-refractivity contribution is 5.80. The quantitative estimate of drug-likeness (QED) is 0.472. The molecule has 0 spiro atoms. The van der Waals surface area contributed by atoms with E-state index in [9.17, 15) is 4.79 Å². The average molecular weight is 479 g/mol. The largest absolute Gasteiger partial charge is 0.497 e. The summed E-state index contributed by atoms with van der Waals surface area (Å²) in [6, 6.07) is 8.69. The lowest BCUT2D eigenvalue weighted by molar-refractivity contribution is 0.0821. The molecule has 2 aliphatic carbocycles. The van der Waals surface area contributed by atoms with Crippen molar-refractivity contribution in [2.24, 2.45) is 0 Å². The molecule has 0 bridgehead atoms. The Morgan fingerprint density at radius 2 is 1.83 bits per heavy atom. The van der Waals surface area contributed by atoms with Crippen LogP contribution in [0.25, 0.3) is 10.9 Å². The second kappa shape index (κ2) is 10.9. The van der Waals surface area contributed by atoms with Gasteiger partial charge in [0, 0.05) is 29.1 Å². The number of tetrazole rings is 1. The molecule has 0 aliphatic heterocycles. The van der Waals surface area contributed by atoms with Crippen molar-refractivity contribution >= 4 is 10.9 Å². The van der Waals surface area contributed by atoms with Gasteiger partial charge in [0.15, 0.2) is 5.82 Å². The maximum atomic E-state index is 13.2. The van der Waals surface area contributed by atoms with Gasteiger partial charge in [0.2, 0.25) is 0 Å². The fourth-order valence-corrected chi connectivity index (χ4v) is 6.15. The first-order chi connectivity index (χ1) is 17.2. The van der Waals surface area contributed by atoms with E-state index in [0.717, 1.165) is 60.1 Å². The minimum atomic E-state index is -0.0230. The average Bonchev–Trinajstić information content (AvgIpc) is 3.39. The van der Waals surface area contributed by atoms with Crippen LogP contribution in [0.2, 0.25) is 0 Å². The van der Waals surface area contributed by atoms with Crippen molar-refractivity contribution in [2.75, 3.05) is 7.11 Å². The molecule has 2 heterocycles. The lowest BCUT2D eigenvalue weighted by Gasteiger charge is -2.39. The van der Waals surface area contributed by atoms with Gasteiger partial charge in [-0.1, -0.05) is 45.4 Å². The SMILES string of the molecule is CC[C@@H](c1nnnn1C1CCCCC1)N(Cc1cc2cc(OC)ccc2[nH]c1=O)C1CCCCC1. The molecule has 2 saturated carbocycles. The fraction of sp³-hybridized carbons (Fsp3) is 0.630. The van der Waals surface area contributed by atoms with Crippen molar-refractivity contribution in [1.29, 1.82) is 0 Å². The summed E-state index contributed by atoms with van der Waals surface area (Å²) in [5, 5.41) is 14.2. The van der Waals surface area contributed by atoms with E-state index >= 15 is 0 Å². The molecule has 0 saturated heterocycles. The third-order valence-corrected chi connectivity index (χ3v) is 8.05. The Morgan fingerprint density at radius 3 is 2.54 bits per heavy atom. The number of nitrogens with one attached hydrogen (secondary N) is 1. The number of H-pyrrole nitrogens is 1. The predicted molar refractivity (Wildman–Crippen MR) is 137 cm³/mol. The number of pyridine rings is 1. The lowest BCUT2D eigenvalue weighted by atomic mass is 9.91. The first-order valence-electron chi connectivity index (χ1n) is 13.4. The normalized spacial score (nSPS) is 18.8. The smallest absolute Gasteiger partial charge is 0.252 e. The predicted octanol–water partition coefficient (Wildman–Crippen LogP) is 5.31. The molecule has 1 atom stereocenters. The molecule has 2 aliphatic rings. The molecule has 8 nitrogen and oxygen atoms in total. The minimum absolute atomic E-state index is 0.0230. The van der Waals surface area contributed by atoms with Crippen LogP contribution in [-0.4, -0.2) is 43.2 Å². The van der Waals surface area contributed by atoms with E-state index in [4.69, 9.17) is 4.74 Å². The summed E-state index contributed by atoms with van der Waals surface area (Å²) in [7, 11) is 1.67. The molecule has 0 unspecified atom stereocenters. The molecule has 35 heavy (non-hydrogen) atoms. The zero-order valence-corrected chi connectivity index (χ0v) is 21.1. The van der Waals surface area contributed by atoms with Crippen LogP contribution in [-0.2, 0) is 6.54 Å². The number of hydrogen-bond donors (Lipinski definition) is 1. The van der Waals surface area contributed by atoms with Crippen LogP contribution >= 0.6 is 0 Å². The molecule has 8 heteroatoms. The van der Waals surface area contributed by atoms with Gasteiger partial charge in [0.05, 0.1) is 19.2 Å². The number of aromatic nitrogens is 5. The van der Waals surface area contributed by atoms with Gasteiger partial charge in [0.1, 0.15) is 5.75 Å². The third kappa shape index (κ3) is 5.13. The van der Waals surface area contributed by atoms with Gasteiger partial charge < -0.3 is 9.72 Å². The summed E-state index contributed by atoms with van der Waals surface area (Å²) in [6.45, 7) is 2.80. The summed E-state index contributed by atoms with van der Waals surface area (Å²) >= 11 is 0. The van der Waals surface area contributed by atoms with E-state index in [0.29, 0.717) is 18.6 Å². The van der Waals surface area contributed by atoms with Crippen LogP contribution in [0, 0.1) is 0 Å². The molecular formula is C27H38N6O2. The Morgan fingerprint density at radius 1 is 1.09 bits per heavy atom. The summed E-state index contributed by atoms with van der Waals surface area (Å²) in [5.41, 5.74) is 1.59. The van der Waals surface area contributed by atoms with Gasteiger partial charge in [-0.3, -0.25) is 9.69 Å². The molecule has 0 amide bonds. The summed E-state index contributed by atoms with van der Waals surface area (Å²) in [6.07, 6.45) is 13.0. The lowest BCUT2D eigenvalue weighted by Crippen LogP contribution is -2.41. The highest BCUT2D eigenvalue weighted by Gasteiger charge is 2.33. The van der Waals surface area contributed by atoms with Gasteiger partial charge in [-0.2, -0.15) is 0 Å². The van der Waals surface area contributed by atoms with E-state index in [1.807, 2.05) is 24.3 Å². The Balaban J connectivity index is 1.51. The van der Waals surface area contributed by atoms with Gasteiger partial charge in [-0.05, 0) is 66.8 Å². The molecule has 2 fully saturated rings. The maximum Gasteiger partial charge on any atom is 0.252 e. The Hall–Kier alpha value is -2.74. The summed E-state index contributed by atoms with van der Waals surface area (Å²) < 4.78 is 7.53. The molecular weight excluding hydrogens is 440 g/mol. The highest BCUT2D eigenvalue weighted by atomic mass is 16.5. The summed E-state index contributed by atoms with van der Waals surface area (Å²) in [5.74, 6) is 1.75. The standard InChI is InChI=1S/C27H38N6O2/c1-3-25(26-29-30-31-33(26)22-12-8-5-9-13-22)32(21-10-6-4-7-11-21)18-20-16-19-17-23(35-2)14-15-24(19)28-27(20)34/h14-17,21-22,25H,3-13,18H2,1-2H3,(H,28,34)/t25-/m0/s1. The Labute approximate surface area is 207 Å². The van der Waals surface area contributed by atoms with Crippen molar-refractivity contribution < 1.29 is 4.74 Å². The monoisotopic (exact) mass is 478 g/mol. The second-order valence-corrected chi connectivity index (χ2v) is 10.2. The number of benzene rings is 1. The fourth-order valence-electron chi connectivity index (χ4n) is 6.15. The van der Waals surface area contributed by atoms with Crippen LogP contribution in [0.5, 0.6) is 5.75 Å². The van der Waals surface area contributed by atoms with Crippen LogP contribution in [0.3, 0.4) is 0 Å². The highest BCUT2D eigenvalue weighted by Crippen LogP contribution is 2.35. The molecule has 1 aromatic carbocycles. The maximum absolute atomic E-state index is 13.2. The van der Waals surface area contributed by atoms with Crippen molar-refractivity contribution in [2.45, 2.75) is 102 Å². The van der Waals surface area contributed by atoms with Crippen LogP contribution in [0.1, 0.15) is 101 Å². The number of rotatable bonds is 8. The first kappa shape index (κ1) is 24.0. The topological polar surface area (TPSA) is 88.9 Å². The van der Waals surface area contributed by atoms with Crippen molar-refractivity contribution in [3.05, 3.63) is 46.0 Å². The van der Waals surface area contributed by atoms with Crippen molar-refractivity contribution in [3.63, 3.8) is 0 Å². The Kier molecular flexibility index (Phi) is 7.46. The molecule has 188 valence electrons. The minimum Gasteiger partial charge on any atom is -0.497 e. The number of aromatic amines is 1. The number of nitrogens with zero attached hydrogens (tertiary/aromatic N) is 5. The van der Waals surface area contributed by atoms with Crippen LogP contribution < -0.4 is 10.3 Å². The van der Waals surface area contributed by atoms with Gasteiger partial charge in [-0.15, -0.1) is 5.10 Å². The van der Waals surface area contributed by atoms with Crippen molar-refractivity contribution in [1.82, 2.24) is 30.1 Å². The summed E-state index contributed by atoms with van der Waals surface area (Å²) in [4.78, 5) is 18.8. The van der Waals surface area contributed by atoms with Crippen LogP contribution in [0.15, 0.2) is 29.1 Å². The molecule has 0 radical (unpaired) electrons. The van der Waals surface area contributed by atoms with Crippen molar-refractivity contribution in [3.8, 4) is 5.75 Å². The van der Waals surface area contributed by atoms with Gasteiger partial charge in [-0.25, -0.2) is 4.68 Å². The van der Waals surface area contributed by atoms with Gasteiger partial charge in [0.25, 0.3) is 5.56 Å². The third-order valence-electron chi connectivity index (χ3n) is 8.05. The molecule has 3 aromatic rings. The first-order valence-corrected chi connectivity index (χ1v) is 13.4. The number of ether oxygens (including phenoxy) is 1. The Bertz CT molecular complexity index is 1180. The number of fused-ring (bicyclic) bond motifs is 1. The molecule has 1 N–H and O–H groups in total.